The molecule has 1 aliphatic rings. The van der Waals surface area contributed by atoms with Gasteiger partial charge in [-0.2, -0.15) is 0 Å². The molecule has 3 N–H and O–H groups in total. The first kappa shape index (κ1) is 21.4. The van der Waals surface area contributed by atoms with Crippen LogP contribution in [0.5, 0.6) is 5.75 Å². The normalized spacial score (nSPS) is 23.0. The van der Waals surface area contributed by atoms with Gasteiger partial charge in [-0.15, -0.1) is 0 Å². The number of rotatable bonds is 9. The van der Waals surface area contributed by atoms with Crippen molar-refractivity contribution in [1.29, 1.82) is 0 Å². The summed E-state index contributed by atoms with van der Waals surface area (Å²) in [6, 6.07) is 15.5. The molecule has 1 aromatic carbocycles. The van der Waals surface area contributed by atoms with Crippen molar-refractivity contribution in [3.63, 3.8) is 0 Å². The number of aromatic nitrogens is 3. The third kappa shape index (κ3) is 5.64. The van der Waals surface area contributed by atoms with E-state index < -0.39 is 6.10 Å². The maximum atomic E-state index is 10.5. The fourth-order valence-corrected chi connectivity index (χ4v) is 4.26. The summed E-state index contributed by atoms with van der Waals surface area (Å²) in [5, 5.41) is 24.0. The van der Waals surface area contributed by atoms with Gasteiger partial charge in [0.15, 0.2) is 5.82 Å². The van der Waals surface area contributed by atoms with Crippen LogP contribution in [-0.2, 0) is 19.6 Å². The highest BCUT2D eigenvalue weighted by Crippen LogP contribution is 2.34. The Balaban J connectivity index is 1.42. The van der Waals surface area contributed by atoms with Crippen molar-refractivity contribution in [2.75, 3.05) is 6.61 Å². The summed E-state index contributed by atoms with van der Waals surface area (Å²) >= 11 is 0. The molecule has 0 radical (unpaired) electrons. The van der Waals surface area contributed by atoms with E-state index in [9.17, 15) is 10.2 Å². The Morgan fingerprint density at radius 2 is 1.90 bits per heavy atom. The van der Waals surface area contributed by atoms with E-state index in [0.717, 1.165) is 17.0 Å². The number of benzene rings is 1. The van der Waals surface area contributed by atoms with E-state index in [0.29, 0.717) is 25.2 Å². The predicted molar refractivity (Wildman–Crippen MR) is 116 cm³/mol. The monoisotopic (exact) mass is 420 g/mol. The molecule has 1 fully saturated rings. The lowest BCUT2D eigenvalue weighted by Crippen LogP contribution is -2.36. The Bertz CT molecular complexity index is 942. The molecule has 0 saturated heterocycles. The first-order chi connectivity index (χ1) is 15.2. The van der Waals surface area contributed by atoms with Crippen LogP contribution in [0.4, 0.5) is 0 Å². The van der Waals surface area contributed by atoms with Crippen LogP contribution in [-0.4, -0.2) is 43.9 Å². The van der Waals surface area contributed by atoms with Gasteiger partial charge in [0.05, 0.1) is 6.10 Å². The van der Waals surface area contributed by atoms with Crippen LogP contribution in [0.1, 0.15) is 23.5 Å². The molecule has 1 aliphatic carbocycles. The van der Waals surface area contributed by atoms with E-state index in [-0.39, 0.29) is 31.1 Å². The number of pyridine rings is 1. The largest absolute Gasteiger partial charge is 0.486 e. The first-order valence-electron chi connectivity index (χ1n) is 10.6. The third-order valence-corrected chi connectivity index (χ3v) is 5.88. The molecule has 7 heteroatoms. The van der Waals surface area contributed by atoms with Crippen molar-refractivity contribution < 1.29 is 14.9 Å². The molecule has 0 spiro atoms. The lowest BCUT2D eigenvalue weighted by molar-refractivity contribution is 0.0715. The van der Waals surface area contributed by atoms with Crippen LogP contribution in [0, 0.1) is 11.8 Å². The standard InChI is InChI=1S/C24H28N4O3/c29-15-21-20(22(12-23(21)30)27-14-17-5-4-9-25-13-17)11-18-8-10-26-24(28-18)16-31-19-6-2-1-3-7-19/h1-10,13,20-23,27,29-30H,11-12,14-16H2. The summed E-state index contributed by atoms with van der Waals surface area (Å²) in [4.78, 5) is 13.1. The van der Waals surface area contributed by atoms with Gasteiger partial charge in [-0.3, -0.25) is 4.98 Å². The molecule has 0 amide bonds. The van der Waals surface area contributed by atoms with E-state index >= 15 is 0 Å². The number of ether oxygens (including phenoxy) is 1. The minimum atomic E-state index is -0.538. The second kappa shape index (κ2) is 10.4. The number of nitrogens with zero attached hydrogens (tertiary/aromatic N) is 3. The van der Waals surface area contributed by atoms with Gasteiger partial charge in [0.25, 0.3) is 0 Å². The first-order valence-corrected chi connectivity index (χ1v) is 10.6. The number of para-hydroxylation sites is 1. The lowest BCUT2D eigenvalue weighted by atomic mass is 9.88. The predicted octanol–water partition coefficient (Wildman–Crippen LogP) is 2.14. The van der Waals surface area contributed by atoms with E-state index in [1.54, 1.807) is 12.4 Å². The number of hydrogen-bond donors (Lipinski definition) is 3. The highest BCUT2D eigenvalue weighted by atomic mass is 16.5. The van der Waals surface area contributed by atoms with Gasteiger partial charge < -0.3 is 20.3 Å². The Morgan fingerprint density at radius 1 is 1.03 bits per heavy atom. The second-order valence-corrected chi connectivity index (χ2v) is 7.93. The molecule has 162 valence electrons. The smallest absolute Gasteiger partial charge is 0.166 e. The van der Waals surface area contributed by atoms with Crippen LogP contribution < -0.4 is 10.1 Å². The fourth-order valence-electron chi connectivity index (χ4n) is 4.26. The minimum absolute atomic E-state index is 0.0496. The molecule has 0 bridgehead atoms. The molecule has 2 aromatic heterocycles. The highest BCUT2D eigenvalue weighted by Gasteiger charge is 2.42. The van der Waals surface area contributed by atoms with Crippen LogP contribution in [0.15, 0.2) is 67.1 Å². The summed E-state index contributed by atoms with van der Waals surface area (Å²) in [7, 11) is 0. The van der Waals surface area contributed by atoms with Crippen molar-refractivity contribution in [3.05, 3.63) is 84.2 Å². The zero-order chi connectivity index (χ0) is 21.5. The van der Waals surface area contributed by atoms with Crippen molar-refractivity contribution in [2.24, 2.45) is 11.8 Å². The molecule has 4 unspecified atom stereocenters. The third-order valence-electron chi connectivity index (χ3n) is 5.88. The average Bonchev–Trinajstić information content (AvgIpc) is 3.11. The number of hydrogen-bond acceptors (Lipinski definition) is 7. The molecule has 2 heterocycles. The zero-order valence-electron chi connectivity index (χ0n) is 17.3. The van der Waals surface area contributed by atoms with E-state index in [2.05, 4.69) is 20.3 Å². The van der Waals surface area contributed by atoms with Gasteiger partial charge in [0.2, 0.25) is 0 Å². The van der Waals surface area contributed by atoms with Crippen LogP contribution >= 0.6 is 0 Å². The SMILES string of the molecule is OCC1C(O)CC(NCc2cccnc2)C1Cc1ccnc(COc2ccccc2)n1. The second-order valence-electron chi connectivity index (χ2n) is 7.93. The fraction of sp³-hybridized carbons (Fsp3) is 0.375. The molecule has 7 nitrogen and oxygen atoms in total. The summed E-state index contributed by atoms with van der Waals surface area (Å²) in [6.45, 7) is 0.906. The summed E-state index contributed by atoms with van der Waals surface area (Å²) in [6.07, 6.45) is 6.04. The quantitative estimate of drug-likeness (QED) is 0.488. The van der Waals surface area contributed by atoms with Crippen molar-refractivity contribution in [1.82, 2.24) is 20.3 Å². The number of aliphatic hydroxyl groups excluding tert-OH is 2. The molecule has 0 aliphatic heterocycles. The zero-order valence-corrected chi connectivity index (χ0v) is 17.3. The van der Waals surface area contributed by atoms with Gasteiger partial charge in [-0.25, -0.2) is 9.97 Å². The summed E-state index contributed by atoms with van der Waals surface area (Å²) in [5.74, 6) is 1.26. The lowest BCUT2D eigenvalue weighted by Gasteiger charge is -2.25. The van der Waals surface area contributed by atoms with Gasteiger partial charge in [0, 0.05) is 49.4 Å². The average molecular weight is 421 g/mol. The van der Waals surface area contributed by atoms with E-state index in [4.69, 9.17) is 4.74 Å². The van der Waals surface area contributed by atoms with Crippen LogP contribution in [0.2, 0.25) is 0 Å². The highest BCUT2D eigenvalue weighted by molar-refractivity contribution is 5.21. The van der Waals surface area contributed by atoms with Crippen molar-refractivity contribution in [2.45, 2.75) is 38.1 Å². The molecular weight excluding hydrogens is 392 g/mol. The van der Waals surface area contributed by atoms with Gasteiger partial charge in [0.1, 0.15) is 12.4 Å². The Labute approximate surface area is 182 Å². The topological polar surface area (TPSA) is 100 Å². The van der Waals surface area contributed by atoms with Crippen molar-refractivity contribution in [3.8, 4) is 5.75 Å². The number of nitrogens with one attached hydrogen (secondary N) is 1. The molecular formula is C24H28N4O3. The van der Waals surface area contributed by atoms with E-state index in [1.165, 1.54) is 0 Å². The van der Waals surface area contributed by atoms with E-state index in [1.807, 2.05) is 54.7 Å². The molecule has 31 heavy (non-hydrogen) atoms. The maximum Gasteiger partial charge on any atom is 0.166 e. The minimum Gasteiger partial charge on any atom is -0.486 e. The van der Waals surface area contributed by atoms with Crippen LogP contribution in [0.3, 0.4) is 0 Å². The molecule has 4 rings (SSSR count). The van der Waals surface area contributed by atoms with Crippen molar-refractivity contribution >= 4 is 0 Å². The van der Waals surface area contributed by atoms with Gasteiger partial charge >= 0.3 is 0 Å². The van der Waals surface area contributed by atoms with Gasteiger partial charge in [-0.1, -0.05) is 24.3 Å². The maximum absolute atomic E-state index is 10.5. The Kier molecular flexibility index (Phi) is 7.19. The molecule has 4 atom stereocenters. The van der Waals surface area contributed by atoms with Gasteiger partial charge in [-0.05, 0) is 48.6 Å². The Morgan fingerprint density at radius 3 is 2.68 bits per heavy atom. The number of aliphatic hydroxyl groups is 2. The molecule has 1 saturated carbocycles. The molecule has 3 aromatic rings. The van der Waals surface area contributed by atoms with Crippen LogP contribution in [0.25, 0.3) is 0 Å². The Hall–Kier alpha value is -2.87. The summed E-state index contributed by atoms with van der Waals surface area (Å²) < 4.78 is 5.76. The summed E-state index contributed by atoms with van der Waals surface area (Å²) in [5.41, 5.74) is 1.97.